The summed E-state index contributed by atoms with van der Waals surface area (Å²) in [5.74, 6) is -0.188. The smallest absolute Gasteiger partial charge is 0.253 e. The van der Waals surface area contributed by atoms with Gasteiger partial charge in [-0.05, 0) is 37.5 Å². The predicted octanol–water partition coefficient (Wildman–Crippen LogP) is 0.743. The number of aliphatic hydroxyl groups is 1. The summed E-state index contributed by atoms with van der Waals surface area (Å²) >= 11 is 0. The molecule has 0 spiro atoms. The van der Waals surface area contributed by atoms with E-state index >= 15 is 0 Å². The van der Waals surface area contributed by atoms with Crippen molar-refractivity contribution in [2.24, 2.45) is 0 Å². The molecule has 17 heavy (non-hydrogen) atoms. The molecule has 0 aromatic heterocycles. The van der Waals surface area contributed by atoms with Gasteiger partial charge < -0.3 is 21.9 Å². The van der Waals surface area contributed by atoms with Crippen molar-refractivity contribution in [3.63, 3.8) is 0 Å². The zero-order valence-corrected chi connectivity index (χ0v) is 9.78. The molecule has 1 rings (SSSR count). The molecule has 94 valence electrons. The van der Waals surface area contributed by atoms with E-state index in [9.17, 15) is 4.79 Å². The summed E-state index contributed by atoms with van der Waals surface area (Å²) in [5, 5.41) is 11.4. The maximum Gasteiger partial charge on any atom is 0.253 e. The molecule has 0 saturated heterocycles. The van der Waals surface area contributed by atoms with E-state index in [0.717, 1.165) is 19.3 Å². The first-order chi connectivity index (χ1) is 8.15. The average Bonchev–Trinajstić information content (AvgIpc) is 2.28. The molecule has 0 atom stereocenters. The molecule has 0 fully saturated rings. The third-order valence-electron chi connectivity index (χ3n) is 2.44. The van der Waals surface area contributed by atoms with E-state index in [0.29, 0.717) is 23.5 Å². The van der Waals surface area contributed by atoms with Crippen molar-refractivity contribution >= 4 is 17.3 Å². The Bertz CT molecular complexity index is 380. The lowest BCUT2D eigenvalue weighted by Crippen LogP contribution is -2.25. The summed E-state index contributed by atoms with van der Waals surface area (Å²) in [6.45, 7) is 0.779. The number of nitrogen functional groups attached to an aromatic ring is 2. The Morgan fingerprint density at radius 1 is 1.24 bits per heavy atom. The van der Waals surface area contributed by atoms with Crippen LogP contribution in [0.15, 0.2) is 18.2 Å². The Morgan fingerprint density at radius 3 is 2.65 bits per heavy atom. The van der Waals surface area contributed by atoms with Crippen molar-refractivity contribution in [3.8, 4) is 0 Å². The van der Waals surface area contributed by atoms with Crippen LogP contribution < -0.4 is 16.8 Å². The van der Waals surface area contributed by atoms with Crippen molar-refractivity contribution in [2.45, 2.75) is 19.3 Å². The van der Waals surface area contributed by atoms with Crippen LogP contribution in [0, 0.1) is 0 Å². The van der Waals surface area contributed by atoms with E-state index in [4.69, 9.17) is 16.6 Å². The molecular formula is C12H19N3O2. The van der Waals surface area contributed by atoms with E-state index < -0.39 is 0 Å². The van der Waals surface area contributed by atoms with Crippen LogP contribution in [0.2, 0.25) is 0 Å². The Morgan fingerprint density at radius 2 is 2.00 bits per heavy atom. The highest BCUT2D eigenvalue weighted by atomic mass is 16.2. The van der Waals surface area contributed by atoms with Gasteiger partial charge in [-0.2, -0.15) is 0 Å². The summed E-state index contributed by atoms with van der Waals surface area (Å²) in [6, 6.07) is 4.84. The van der Waals surface area contributed by atoms with Crippen LogP contribution >= 0.6 is 0 Å². The number of aliphatic hydroxyl groups excluding tert-OH is 1. The monoisotopic (exact) mass is 237 g/mol. The lowest BCUT2D eigenvalue weighted by atomic mass is 10.1. The molecule has 1 amide bonds. The molecular weight excluding hydrogens is 218 g/mol. The van der Waals surface area contributed by atoms with Crippen molar-refractivity contribution in [2.75, 3.05) is 24.6 Å². The largest absolute Gasteiger partial charge is 0.399 e. The molecule has 0 bridgehead atoms. The molecule has 5 heteroatoms. The Kier molecular flexibility index (Phi) is 5.29. The highest BCUT2D eigenvalue weighted by molar-refractivity contribution is 5.99. The quantitative estimate of drug-likeness (QED) is 0.433. The van der Waals surface area contributed by atoms with Crippen LogP contribution in [0.25, 0.3) is 0 Å². The van der Waals surface area contributed by atoms with Crippen LogP contribution in [0.4, 0.5) is 11.4 Å². The van der Waals surface area contributed by atoms with Gasteiger partial charge in [0.1, 0.15) is 0 Å². The van der Waals surface area contributed by atoms with Crippen molar-refractivity contribution in [1.29, 1.82) is 0 Å². The van der Waals surface area contributed by atoms with Gasteiger partial charge in [-0.3, -0.25) is 4.79 Å². The first-order valence-corrected chi connectivity index (χ1v) is 5.69. The second kappa shape index (κ2) is 6.75. The number of hydrogen-bond acceptors (Lipinski definition) is 4. The molecule has 0 heterocycles. The van der Waals surface area contributed by atoms with Crippen LogP contribution in [-0.2, 0) is 0 Å². The van der Waals surface area contributed by atoms with Gasteiger partial charge in [0.25, 0.3) is 5.91 Å². The molecule has 0 aliphatic rings. The number of unbranched alkanes of at least 4 members (excludes halogenated alkanes) is 2. The van der Waals surface area contributed by atoms with Gasteiger partial charge in [-0.25, -0.2) is 0 Å². The Labute approximate surface area is 101 Å². The number of hydrogen-bond donors (Lipinski definition) is 4. The van der Waals surface area contributed by atoms with Crippen molar-refractivity contribution < 1.29 is 9.90 Å². The van der Waals surface area contributed by atoms with E-state index in [2.05, 4.69) is 5.32 Å². The average molecular weight is 237 g/mol. The number of rotatable bonds is 6. The van der Waals surface area contributed by atoms with E-state index in [1.165, 1.54) is 0 Å². The van der Waals surface area contributed by atoms with Crippen molar-refractivity contribution in [3.05, 3.63) is 23.8 Å². The lowest BCUT2D eigenvalue weighted by Gasteiger charge is -2.07. The molecule has 0 unspecified atom stereocenters. The molecule has 1 aromatic carbocycles. The fraction of sp³-hybridized carbons (Fsp3) is 0.417. The summed E-state index contributed by atoms with van der Waals surface area (Å²) in [4.78, 5) is 11.7. The summed E-state index contributed by atoms with van der Waals surface area (Å²) < 4.78 is 0. The van der Waals surface area contributed by atoms with Crippen LogP contribution in [0.3, 0.4) is 0 Å². The normalized spacial score (nSPS) is 10.2. The third kappa shape index (κ3) is 4.32. The number of benzene rings is 1. The van der Waals surface area contributed by atoms with Crippen LogP contribution in [0.5, 0.6) is 0 Å². The fourth-order valence-electron chi connectivity index (χ4n) is 1.50. The maximum atomic E-state index is 11.7. The summed E-state index contributed by atoms with van der Waals surface area (Å²) in [5.41, 5.74) is 12.6. The minimum Gasteiger partial charge on any atom is -0.399 e. The van der Waals surface area contributed by atoms with Gasteiger partial charge >= 0.3 is 0 Å². The third-order valence-corrected chi connectivity index (χ3v) is 2.44. The topological polar surface area (TPSA) is 101 Å². The fourth-order valence-corrected chi connectivity index (χ4v) is 1.50. The first-order valence-electron chi connectivity index (χ1n) is 5.69. The summed E-state index contributed by atoms with van der Waals surface area (Å²) in [6.07, 6.45) is 2.51. The lowest BCUT2D eigenvalue weighted by molar-refractivity contribution is 0.0954. The van der Waals surface area contributed by atoms with Crippen LogP contribution in [0.1, 0.15) is 29.6 Å². The molecule has 0 saturated carbocycles. The number of nitrogens with two attached hydrogens (primary N) is 2. The molecule has 6 N–H and O–H groups in total. The van der Waals surface area contributed by atoms with Gasteiger partial charge in [0.2, 0.25) is 0 Å². The minimum absolute atomic E-state index is 0.188. The van der Waals surface area contributed by atoms with E-state index in [-0.39, 0.29) is 12.5 Å². The number of nitrogens with one attached hydrogen (secondary N) is 1. The van der Waals surface area contributed by atoms with E-state index in [1.54, 1.807) is 18.2 Å². The van der Waals surface area contributed by atoms with Gasteiger partial charge in [0, 0.05) is 24.5 Å². The maximum absolute atomic E-state index is 11.7. The van der Waals surface area contributed by atoms with Gasteiger partial charge in [-0.1, -0.05) is 0 Å². The Hall–Kier alpha value is -1.75. The standard InChI is InChI=1S/C12H19N3O2/c13-9-4-5-10(11(14)8-9)12(17)15-6-2-1-3-7-16/h4-5,8,16H,1-3,6-7,13-14H2,(H,15,17). The molecule has 1 aromatic rings. The highest BCUT2D eigenvalue weighted by Gasteiger charge is 2.08. The second-order valence-corrected chi connectivity index (χ2v) is 3.89. The highest BCUT2D eigenvalue weighted by Crippen LogP contribution is 2.15. The summed E-state index contributed by atoms with van der Waals surface area (Å²) in [7, 11) is 0. The number of carbonyl (C=O) groups excluding carboxylic acids is 1. The molecule has 5 nitrogen and oxygen atoms in total. The molecule has 0 radical (unpaired) electrons. The van der Waals surface area contributed by atoms with Crippen molar-refractivity contribution in [1.82, 2.24) is 5.32 Å². The number of carbonyl (C=O) groups is 1. The molecule has 0 aliphatic carbocycles. The number of anilines is 2. The molecule has 0 aliphatic heterocycles. The van der Waals surface area contributed by atoms with E-state index in [1.807, 2.05) is 0 Å². The zero-order valence-electron chi connectivity index (χ0n) is 9.78. The predicted molar refractivity (Wildman–Crippen MR) is 68.5 cm³/mol. The first kappa shape index (κ1) is 13.3. The van der Waals surface area contributed by atoms with Gasteiger partial charge in [0.05, 0.1) is 5.56 Å². The zero-order chi connectivity index (χ0) is 12.7. The minimum atomic E-state index is -0.188. The number of amides is 1. The van der Waals surface area contributed by atoms with Crippen LogP contribution in [-0.4, -0.2) is 24.2 Å². The van der Waals surface area contributed by atoms with Gasteiger partial charge in [-0.15, -0.1) is 0 Å². The second-order valence-electron chi connectivity index (χ2n) is 3.89. The SMILES string of the molecule is Nc1ccc(C(=O)NCCCCCO)c(N)c1. The Balaban J connectivity index is 2.42. The van der Waals surface area contributed by atoms with Gasteiger partial charge in [0.15, 0.2) is 0 Å².